The lowest BCUT2D eigenvalue weighted by molar-refractivity contribution is 0.0465. The normalized spacial score (nSPS) is 10.8. The fourth-order valence-corrected chi connectivity index (χ4v) is 2.80. The van der Waals surface area contributed by atoms with Crippen LogP contribution in [-0.2, 0) is 18.4 Å². The monoisotopic (exact) mass is 340 g/mol. The van der Waals surface area contributed by atoms with Crippen molar-refractivity contribution >= 4 is 28.5 Å². The van der Waals surface area contributed by atoms with Crippen LogP contribution in [0.5, 0.6) is 0 Å². The molecule has 0 fully saturated rings. The van der Waals surface area contributed by atoms with Crippen molar-refractivity contribution in [2.75, 3.05) is 6.26 Å². The average Bonchev–Trinajstić information content (AvgIpc) is 2.63. The van der Waals surface area contributed by atoms with Crippen LogP contribution in [0.3, 0.4) is 0 Å². The van der Waals surface area contributed by atoms with E-state index in [1.54, 1.807) is 36.0 Å². The van der Waals surface area contributed by atoms with E-state index in [1.165, 1.54) is 7.05 Å². The van der Waals surface area contributed by atoms with Crippen LogP contribution in [0.2, 0.25) is 0 Å². The van der Waals surface area contributed by atoms with Crippen molar-refractivity contribution < 1.29 is 9.53 Å². The first-order valence-corrected chi connectivity index (χ1v) is 8.58. The number of carbonyl (C=O) groups excluding carboxylic acids is 1. The molecule has 0 bridgehead atoms. The van der Waals surface area contributed by atoms with Crippen LogP contribution in [0.15, 0.2) is 58.2 Å². The Morgan fingerprint density at radius 2 is 1.79 bits per heavy atom. The number of hydrogen-bond donors (Lipinski definition) is 0. The first-order valence-electron chi connectivity index (χ1n) is 7.36. The van der Waals surface area contributed by atoms with Crippen molar-refractivity contribution in [3.63, 3.8) is 0 Å². The zero-order valence-corrected chi connectivity index (χ0v) is 14.2. The maximum absolute atomic E-state index is 12.4. The van der Waals surface area contributed by atoms with Gasteiger partial charge in [0.15, 0.2) is 5.69 Å². The van der Waals surface area contributed by atoms with Gasteiger partial charge < -0.3 is 4.74 Å². The molecule has 0 amide bonds. The summed E-state index contributed by atoms with van der Waals surface area (Å²) in [5, 5.41) is 5.02. The molecule has 0 aliphatic carbocycles. The summed E-state index contributed by atoms with van der Waals surface area (Å²) < 4.78 is 6.53. The van der Waals surface area contributed by atoms with E-state index in [4.69, 9.17) is 4.74 Å². The van der Waals surface area contributed by atoms with Crippen molar-refractivity contribution in [2.24, 2.45) is 7.05 Å². The molecule has 0 N–H and O–H groups in total. The molecule has 0 saturated heterocycles. The quantitative estimate of drug-likeness (QED) is 0.540. The van der Waals surface area contributed by atoms with Crippen molar-refractivity contribution in [1.82, 2.24) is 9.78 Å². The van der Waals surface area contributed by atoms with Gasteiger partial charge in [0.1, 0.15) is 6.61 Å². The summed E-state index contributed by atoms with van der Waals surface area (Å²) in [5.41, 5.74) is 0.804. The van der Waals surface area contributed by atoms with Gasteiger partial charge in [-0.1, -0.05) is 30.3 Å². The molecule has 0 aliphatic rings. The van der Waals surface area contributed by atoms with Crippen LogP contribution in [0.4, 0.5) is 0 Å². The maximum Gasteiger partial charge on any atom is 0.359 e. The van der Waals surface area contributed by atoms with Crippen molar-refractivity contribution in [3.05, 3.63) is 70.1 Å². The topological polar surface area (TPSA) is 61.2 Å². The first-order chi connectivity index (χ1) is 11.6. The minimum absolute atomic E-state index is 0.147. The van der Waals surface area contributed by atoms with Crippen LogP contribution >= 0.6 is 11.8 Å². The zero-order valence-electron chi connectivity index (χ0n) is 13.4. The molecule has 122 valence electrons. The molecule has 0 radical (unpaired) electrons. The van der Waals surface area contributed by atoms with Gasteiger partial charge in [-0.3, -0.25) is 4.79 Å². The fraction of sp³-hybridized carbons (Fsp3) is 0.167. The minimum Gasteiger partial charge on any atom is -0.456 e. The predicted octanol–water partition coefficient (Wildman–Crippen LogP) is 3.01. The number of aryl methyl sites for hydroxylation is 1. The van der Waals surface area contributed by atoms with Gasteiger partial charge in [-0.2, -0.15) is 5.10 Å². The summed E-state index contributed by atoms with van der Waals surface area (Å²) >= 11 is 1.65. The van der Waals surface area contributed by atoms with E-state index in [0.717, 1.165) is 15.1 Å². The number of fused-ring (bicyclic) bond motifs is 1. The fourth-order valence-electron chi connectivity index (χ4n) is 2.39. The molecule has 0 unspecified atom stereocenters. The molecule has 0 spiro atoms. The second-order valence-corrected chi connectivity index (χ2v) is 6.13. The number of ether oxygens (including phenoxy) is 1. The Balaban J connectivity index is 1.86. The van der Waals surface area contributed by atoms with Gasteiger partial charge >= 0.3 is 5.97 Å². The summed E-state index contributed by atoms with van der Waals surface area (Å²) in [6.45, 7) is 0.159. The van der Waals surface area contributed by atoms with Crippen molar-refractivity contribution in [2.45, 2.75) is 11.5 Å². The highest BCUT2D eigenvalue weighted by atomic mass is 32.2. The Morgan fingerprint density at radius 1 is 1.12 bits per heavy atom. The number of thioether (sulfide) groups is 1. The molecule has 1 heterocycles. The van der Waals surface area contributed by atoms with Gasteiger partial charge in [-0.25, -0.2) is 9.48 Å². The molecule has 0 saturated carbocycles. The molecule has 24 heavy (non-hydrogen) atoms. The van der Waals surface area contributed by atoms with Crippen LogP contribution in [0.1, 0.15) is 16.1 Å². The SMILES string of the molecule is CSc1ccc(COC(=O)c2nn(C)c(=O)c3ccccc23)cc1. The smallest absolute Gasteiger partial charge is 0.359 e. The Hall–Kier alpha value is -2.60. The van der Waals surface area contributed by atoms with E-state index < -0.39 is 5.97 Å². The third-order valence-electron chi connectivity index (χ3n) is 3.68. The van der Waals surface area contributed by atoms with E-state index in [1.807, 2.05) is 30.5 Å². The van der Waals surface area contributed by atoms with Crippen molar-refractivity contribution in [3.8, 4) is 0 Å². The second kappa shape index (κ2) is 6.88. The molecule has 0 aliphatic heterocycles. The summed E-state index contributed by atoms with van der Waals surface area (Å²) in [4.78, 5) is 25.7. The molecule has 3 rings (SSSR count). The third kappa shape index (κ3) is 3.19. The highest BCUT2D eigenvalue weighted by Crippen LogP contribution is 2.17. The number of hydrogen-bond acceptors (Lipinski definition) is 5. The van der Waals surface area contributed by atoms with Gasteiger partial charge in [0.05, 0.1) is 5.39 Å². The number of benzene rings is 2. The third-order valence-corrected chi connectivity index (χ3v) is 4.42. The molecule has 1 aromatic heterocycles. The highest BCUT2D eigenvalue weighted by Gasteiger charge is 2.16. The van der Waals surface area contributed by atoms with Gasteiger partial charge in [-0.05, 0) is 30.0 Å². The Bertz CT molecular complexity index is 949. The Morgan fingerprint density at radius 3 is 2.46 bits per heavy atom. The van der Waals surface area contributed by atoms with Crippen molar-refractivity contribution in [1.29, 1.82) is 0 Å². The molecular weight excluding hydrogens is 324 g/mol. The molecule has 0 atom stereocenters. The van der Waals surface area contributed by atoms with E-state index in [-0.39, 0.29) is 17.9 Å². The number of aromatic nitrogens is 2. The van der Waals surface area contributed by atoms with E-state index in [0.29, 0.717) is 10.8 Å². The van der Waals surface area contributed by atoms with Gasteiger partial charge in [-0.15, -0.1) is 11.8 Å². The molecule has 6 heteroatoms. The summed E-state index contributed by atoms with van der Waals surface area (Å²) in [5.74, 6) is -0.546. The van der Waals surface area contributed by atoms with Crippen LogP contribution in [-0.4, -0.2) is 22.0 Å². The summed E-state index contributed by atoms with van der Waals surface area (Å²) in [6, 6.07) is 14.7. The first kappa shape index (κ1) is 16.3. The lowest BCUT2D eigenvalue weighted by atomic mass is 10.1. The lowest BCUT2D eigenvalue weighted by Crippen LogP contribution is -2.23. The van der Waals surface area contributed by atoms with Gasteiger partial charge in [0.2, 0.25) is 0 Å². The second-order valence-electron chi connectivity index (χ2n) is 5.25. The maximum atomic E-state index is 12.4. The highest BCUT2D eigenvalue weighted by molar-refractivity contribution is 7.98. The number of carbonyl (C=O) groups is 1. The Labute approximate surface area is 143 Å². The number of esters is 1. The van der Waals surface area contributed by atoms with Crippen LogP contribution in [0, 0.1) is 0 Å². The Kier molecular flexibility index (Phi) is 4.66. The minimum atomic E-state index is -0.546. The standard InChI is InChI=1S/C18H16N2O3S/c1-20-17(21)15-6-4-3-5-14(15)16(19-20)18(22)23-11-12-7-9-13(24-2)10-8-12/h3-10H,11H2,1-2H3. The largest absolute Gasteiger partial charge is 0.456 e. The number of rotatable bonds is 4. The van der Waals surface area contributed by atoms with Gasteiger partial charge in [0, 0.05) is 17.3 Å². The molecule has 5 nitrogen and oxygen atoms in total. The van der Waals surface area contributed by atoms with E-state index in [9.17, 15) is 9.59 Å². The molecule has 3 aromatic rings. The molecule has 2 aromatic carbocycles. The van der Waals surface area contributed by atoms with E-state index in [2.05, 4.69) is 5.10 Å². The number of nitrogens with zero attached hydrogens (tertiary/aromatic N) is 2. The van der Waals surface area contributed by atoms with E-state index >= 15 is 0 Å². The predicted molar refractivity (Wildman–Crippen MR) is 94.3 cm³/mol. The summed E-state index contributed by atoms with van der Waals surface area (Å²) in [6.07, 6.45) is 2.01. The summed E-state index contributed by atoms with van der Waals surface area (Å²) in [7, 11) is 1.52. The zero-order chi connectivity index (χ0) is 17.1. The molecular formula is C18H16N2O3S. The lowest BCUT2D eigenvalue weighted by Gasteiger charge is -2.08. The van der Waals surface area contributed by atoms with Crippen LogP contribution in [0.25, 0.3) is 10.8 Å². The van der Waals surface area contributed by atoms with Crippen LogP contribution < -0.4 is 5.56 Å². The van der Waals surface area contributed by atoms with Gasteiger partial charge in [0.25, 0.3) is 5.56 Å². The average molecular weight is 340 g/mol.